The number of nitrogens with zero attached hydrogens (tertiary/aromatic N) is 2. The van der Waals surface area contributed by atoms with Crippen LogP contribution in [0.5, 0.6) is 5.75 Å². The van der Waals surface area contributed by atoms with Crippen molar-refractivity contribution in [1.29, 1.82) is 0 Å². The Morgan fingerprint density at radius 1 is 1.19 bits per heavy atom. The molecule has 0 saturated carbocycles. The van der Waals surface area contributed by atoms with E-state index in [2.05, 4.69) is 5.32 Å². The van der Waals surface area contributed by atoms with Crippen molar-refractivity contribution < 1.29 is 37.8 Å². The first kappa shape index (κ1) is 17.2. The highest BCUT2D eigenvalue weighted by molar-refractivity contribution is 6.05. The molecule has 2 aromatic rings. The molecule has 0 aromatic heterocycles. The number of nitrogens with one attached hydrogen (secondary N) is 1. The van der Waals surface area contributed by atoms with Crippen LogP contribution in [0.3, 0.4) is 0 Å². The van der Waals surface area contributed by atoms with Gasteiger partial charge in [-0.2, -0.15) is 0 Å². The minimum atomic E-state index is -2.67. The molecule has 3 unspecified atom stereocenters. The van der Waals surface area contributed by atoms with Gasteiger partial charge in [0.15, 0.2) is 0 Å². The maximum atomic E-state index is 15.2. The van der Waals surface area contributed by atoms with Crippen molar-refractivity contribution in [3.8, 4) is 5.75 Å². The first-order valence-corrected chi connectivity index (χ1v) is 11.5. The van der Waals surface area contributed by atoms with Crippen LogP contribution in [0.1, 0.15) is 63.3 Å². The van der Waals surface area contributed by atoms with Gasteiger partial charge in [-0.1, -0.05) is 18.2 Å². The van der Waals surface area contributed by atoms with Gasteiger partial charge in [-0.3, -0.25) is 24.6 Å². The summed E-state index contributed by atoms with van der Waals surface area (Å²) in [6.45, 7) is -3.98. The van der Waals surface area contributed by atoms with Crippen molar-refractivity contribution in [3.05, 3.63) is 64.5 Å². The van der Waals surface area contributed by atoms with Crippen molar-refractivity contribution in [3.63, 3.8) is 0 Å². The molecule has 2 fully saturated rings. The number of morpholine rings is 1. The number of halogens is 1. The Kier molecular flexibility index (Phi) is 4.77. The number of ether oxygens (including phenoxy) is 2. The molecule has 3 heterocycles. The van der Waals surface area contributed by atoms with E-state index in [-0.39, 0.29) is 48.4 Å². The summed E-state index contributed by atoms with van der Waals surface area (Å²) in [5.74, 6) is -2.44. The number of hydrogen-bond acceptors (Lipinski definition) is 6. The molecule has 1 N–H and O–H groups in total. The van der Waals surface area contributed by atoms with E-state index in [4.69, 9.17) is 19.1 Å². The molecule has 2 aromatic carbocycles. The van der Waals surface area contributed by atoms with Crippen molar-refractivity contribution in [2.24, 2.45) is 0 Å². The van der Waals surface area contributed by atoms with E-state index in [1.54, 1.807) is 12.1 Å². The quantitative estimate of drug-likeness (QED) is 0.612. The lowest BCUT2D eigenvalue weighted by Gasteiger charge is -2.35. The Bertz CT molecular complexity index is 1500. The number of benzene rings is 2. The number of piperidine rings is 1. The van der Waals surface area contributed by atoms with Crippen molar-refractivity contribution in [2.45, 2.75) is 64.6 Å². The standard InChI is InChI=1S/C27H30FN3O5/c1-16-11-30(12-17(2)36-16)13-18-6-7-19(22(28)10-18)15-35-24-5-3-4-20-21(24)14-31(27(20)34)23-8-9-25(32)29-26(23)33/h3-7,10,16-17,23H,8-9,11-15H2,1-2H3,(H,29,32,33)/i11D2,12D2,16D,17D,23D. The van der Waals surface area contributed by atoms with Gasteiger partial charge in [0, 0.05) is 48.1 Å². The second kappa shape index (κ2) is 9.99. The van der Waals surface area contributed by atoms with Crippen LogP contribution in [0, 0.1) is 5.82 Å². The van der Waals surface area contributed by atoms with Gasteiger partial charge in [0.2, 0.25) is 11.8 Å². The van der Waals surface area contributed by atoms with E-state index in [0.717, 1.165) is 24.8 Å². The van der Waals surface area contributed by atoms with Crippen LogP contribution < -0.4 is 10.1 Å². The molecule has 0 radical (unpaired) electrons. The van der Waals surface area contributed by atoms with Gasteiger partial charge in [-0.25, -0.2) is 4.39 Å². The molecule has 0 aliphatic carbocycles. The predicted molar refractivity (Wildman–Crippen MR) is 129 cm³/mol. The van der Waals surface area contributed by atoms with Crippen LogP contribution in [0.2, 0.25) is 0 Å². The third-order valence-electron chi connectivity index (χ3n) is 6.09. The zero-order valence-corrected chi connectivity index (χ0v) is 19.8. The number of amides is 3. The fourth-order valence-electron chi connectivity index (χ4n) is 4.43. The average molecular weight is 503 g/mol. The first-order valence-electron chi connectivity index (χ1n) is 15.0. The molecule has 9 heteroatoms. The van der Waals surface area contributed by atoms with Crippen LogP contribution in [0.15, 0.2) is 36.4 Å². The molecule has 3 aliphatic rings. The minimum absolute atomic E-state index is 0.0838. The number of imide groups is 1. The van der Waals surface area contributed by atoms with Crippen LogP contribution in [-0.2, 0) is 34.0 Å². The maximum absolute atomic E-state index is 15.2. The Balaban J connectivity index is 1.33. The summed E-state index contributed by atoms with van der Waals surface area (Å²) in [7, 11) is 0. The van der Waals surface area contributed by atoms with Gasteiger partial charge in [0.05, 0.1) is 22.8 Å². The van der Waals surface area contributed by atoms with Crippen LogP contribution >= 0.6 is 0 Å². The average Bonchev–Trinajstić information content (AvgIpc) is 3.25. The Labute approximate surface area is 219 Å². The monoisotopic (exact) mass is 502 g/mol. The SMILES string of the molecule is [2H]C1(N2Cc3c(OCc4ccc(CN5C([2H])([2H])C([2H])(C)OC([2H])(C)C5([2H])[2H])cc4F)cccc3C2=O)CCC(=O)NC1=O. The maximum Gasteiger partial charge on any atom is 0.255 e. The summed E-state index contributed by atoms with van der Waals surface area (Å²) >= 11 is 0. The number of carbonyl (C=O) groups excluding carboxylic acids is 3. The first-order chi connectivity index (χ1) is 19.8. The normalized spacial score (nSPS) is 36.4. The molecule has 3 amide bonds. The topological polar surface area (TPSA) is 88.2 Å². The van der Waals surface area contributed by atoms with Gasteiger partial charge < -0.3 is 14.4 Å². The molecule has 3 atom stereocenters. The molecule has 0 spiro atoms. The summed E-state index contributed by atoms with van der Waals surface area (Å²) in [4.78, 5) is 38.9. The lowest BCUT2D eigenvalue weighted by Crippen LogP contribution is -2.52. The van der Waals surface area contributed by atoms with E-state index in [1.165, 1.54) is 18.2 Å². The minimum Gasteiger partial charge on any atom is -0.488 e. The number of rotatable bonds is 6. The zero-order chi connectivity index (χ0) is 31.8. The lowest BCUT2D eigenvalue weighted by atomic mass is 10.0. The fraction of sp³-hybridized carbons (Fsp3) is 0.444. The molecule has 8 nitrogen and oxygen atoms in total. The molecular weight excluding hydrogens is 465 g/mol. The summed E-state index contributed by atoms with van der Waals surface area (Å²) < 4.78 is 84.9. The Morgan fingerprint density at radius 2 is 1.97 bits per heavy atom. The van der Waals surface area contributed by atoms with E-state index in [1.807, 2.05) is 0 Å². The lowest BCUT2D eigenvalue weighted by molar-refractivity contribution is -0.136. The smallest absolute Gasteiger partial charge is 0.255 e. The molecule has 2 saturated heterocycles. The largest absolute Gasteiger partial charge is 0.488 e. The van der Waals surface area contributed by atoms with E-state index < -0.39 is 61.3 Å². The highest BCUT2D eigenvalue weighted by Crippen LogP contribution is 2.34. The molecule has 5 rings (SSSR count). The van der Waals surface area contributed by atoms with Crippen molar-refractivity contribution >= 4 is 17.7 Å². The van der Waals surface area contributed by atoms with Gasteiger partial charge in [0.1, 0.15) is 24.2 Å². The summed E-state index contributed by atoms with van der Waals surface area (Å²) in [6, 6.07) is 6.63. The Morgan fingerprint density at radius 3 is 2.69 bits per heavy atom. The van der Waals surface area contributed by atoms with Crippen LogP contribution in [-0.4, -0.2) is 58.7 Å². The highest BCUT2D eigenvalue weighted by Gasteiger charge is 2.40. The molecule has 3 aliphatic heterocycles. The third kappa shape index (κ3) is 4.99. The second-order valence-electron chi connectivity index (χ2n) is 8.74. The molecular formula is C27H30FN3O5. The summed E-state index contributed by atoms with van der Waals surface area (Å²) in [6.07, 6.45) is -4.81. The van der Waals surface area contributed by atoms with Gasteiger partial charge >= 0.3 is 0 Å². The van der Waals surface area contributed by atoms with Crippen LogP contribution in [0.4, 0.5) is 4.39 Å². The fourth-order valence-corrected chi connectivity index (χ4v) is 4.43. The van der Waals surface area contributed by atoms with Gasteiger partial charge in [-0.05, 0) is 44.0 Å². The van der Waals surface area contributed by atoms with Gasteiger partial charge in [-0.15, -0.1) is 0 Å². The number of hydrogen-bond donors (Lipinski definition) is 1. The number of fused-ring (bicyclic) bond motifs is 1. The van der Waals surface area contributed by atoms with E-state index in [0.29, 0.717) is 10.5 Å². The molecule has 0 bridgehead atoms. The van der Waals surface area contributed by atoms with E-state index >= 15 is 4.39 Å². The third-order valence-corrected chi connectivity index (χ3v) is 6.09. The molecule has 36 heavy (non-hydrogen) atoms. The van der Waals surface area contributed by atoms with Crippen molar-refractivity contribution in [1.82, 2.24) is 15.1 Å². The Hall–Kier alpha value is -3.30. The van der Waals surface area contributed by atoms with Crippen molar-refractivity contribution in [2.75, 3.05) is 13.0 Å². The van der Waals surface area contributed by atoms with Gasteiger partial charge in [0.25, 0.3) is 5.91 Å². The summed E-state index contributed by atoms with van der Waals surface area (Å²) in [5, 5.41) is 2.11. The van der Waals surface area contributed by atoms with Crippen LogP contribution in [0.25, 0.3) is 0 Å². The zero-order valence-electron chi connectivity index (χ0n) is 26.8. The second-order valence-corrected chi connectivity index (χ2v) is 8.74. The predicted octanol–water partition coefficient (Wildman–Crippen LogP) is 2.77. The number of carbonyl (C=O) groups is 3. The molecule has 190 valence electrons. The van der Waals surface area contributed by atoms with E-state index in [9.17, 15) is 14.4 Å². The highest BCUT2D eigenvalue weighted by atomic mass is 19.1. The summed E-state index contributed by atoms with van der Waals surface area (Å²) in [5.41, 5.74) is 0.929.